The lowest BCUT2D eigenvalue weighted by Crippen LogP contribution is -2.41. The molecular formula is C14H28N2O3. The first-order chi connectivity index (χ1) is 8.99. The minimum absolute atomic E-state index is 0.0293. The summed E-state index contributed by atoms with van der Waals surface area (Å²) in [5.74, 6) is 0.274. The van der Waals surface area contributed by atoms with E-state index >= 15 is 0 Å². The molecule has 0 saturated heterocycles. The van der Waals surface area contributed by atoms with Crippen LogP contribution in [0.25, 0.3) is 0 Å². The molecule has 0 atom stereocenters. The molecule has 0 aliphatic carbocycles. The molecular weight excluding hydrogens is 244 g/mol. The molecule has 5 heteroatoms. The number of ether oxygens (including phenoxy) is 1. The summed E-state index contributed by atoms with van der Waals surface area (Å²) in [6, 6.07) is 0. The van der Waals surface area contributed by atoms with Crippen LogP contribution in [0.5, 0.6) is 0 Å². The Bertz CT molecular complexity index is 267. The normalized spacial score (nSPS) is 10.8. The van der Waals surface area contributed by atoms with E-state index in [2.05, 4.69) is 19.2 Å². The highest BCUT2D eigenvalue weighted by Crippen LogP contribution is 1.97. The Morgan fingerprint density at radius 3 is 2.42 bits per heavy atom. The Hall–Kier alpha value is -1.10. The van der Waals surface area contributed by atoms with Gasteiger partial charge in [0.25, 0.3) is 0 Å². The summed E-state index contributed by atoms with van der Waals surface area (Å²) in [6.45, 7) is 10.3. The van der Waals surface area contributed by atoms with Crippen LogP contribution in [0.3, 0.4) is 0 Å². The van der Waals surface area contributed by atoms with Crippen LogP contribution in [0, 0.1) is 5.92 Å². The highest BCUT2D eigenvalue weighted by molar-refractivity contribution is 5.79. The van der Waals surface area contributed by atoms with Crippen LogP contribution in [0.1, 0.15) is 40.5 Å². The van der Waals surface area contributed by atoms with Crippen molar-refractivity contribution in [2.75, 3.05) is 32.8 Å². The molecule has 19 heavy (non-hydrogen) atoms. The molecule has 0 aromatic heterocycles. The minimum atomic E-state index is -0.272. The van der Waals surface area contributed by atoms with E-state index in [0.717, 1.165) is 19.4 Å². The molecule has 0 heterocycles. The molecule has 0 rings (SSSR count). The lowest BCUT2D eigenvalue weighted by Gasteiger charge is -2.20. The van der Waals surface area contributed by atoms with Gasteiger partial charge in [-0.2, -0.15) is 0 Å². The molecule has 0 radical (unpaired) electrons. The molecule has 112 valence electrons. The molecule has 0 fully saturated rings. The van der Waals surface area contributed by atoms with Gasteiger partial charge in [-0.05, 0) is 32.2 Å². The number of esters is 1. The summed E-state index contributed by atoms with van der Waals surface area (Å²) in [4.78, 5) is 25.0. The maximum atomic E-state index is 11.7. The van der Waals surface area contributed by atoms with E-state index in [0.29, 0.717) is 19.1 Å². The van der Waals surface area contributed by atoms with E-state index in [-0.39, 0.29) is 25.0 Å². The Morgan fingerprint density at radius 1 is 1.21 bits per heavy atom. The number of hydrogen-bond donors (Lipinski definition) is 1. The van der Waals surface area contributed by atoms with E-state index < -0.39 is 0 Å². The maximum Gasteiger partial charge on any atom is 0.320 e. The summed E-state index contributed by atoms with van der Waals surface area (Å²) in [6.07, 6.45) is 1.87. The number of nitrogens with zero attached hydrogens (tertiary/aromatic N) is 1. The van der Waals surface area contributed by atoms with Gasteiger partial charge >= 0.3 is 5.97 Å². The van der Waals surface area contributed by atoms with E-state index in [1.54, 1.807) is 6.92 Å². The van der Waals surface area contributed by atoms with Gasteiger partial charge in [0.2, 0.25) is 5.91 Å². The molecule has 0 bridgehead atoms. The highest BCUT2D eigenvalue weighted by atomic mass is 16.5. The number of hydrogen-bond acceptors (Lipinski definition) is 4. The lowest BCUT2D eigenvalue weighted by atomic mass is 10.1. The number of amides is 1. The van der Waals surface area contributed by atoms with Gasteiger partial charge in [-0.3, -0.25) is 14.5 Å². The van der Waals surface area contributed by atoms with Crippen molar-refractivity contribution in [1.29, 1.82) is 0 Å². The summed E-state index contributed by atoms with van der Waals surface area (Å²) >= 11 is 0. The van der Waals surface area contributed by atoms with Crippen molar-refractivity contribution in [3.05, 3.63) is 0 Å². The second-order valence-electron chi connectivity index (χ2n) is 5.05. The van der Waals surface area contributed by atoms with E-state index in [4.69, 9.17) is 4.74 Å². The van der Waals surface area contributed by atoms with Gasteiger partial charge in [0, 0.05) is 6.54 Å². The van der Waals surface area contributed by atoms with Gasteiger partial charge in [0.15, 0.2) is 0 Å². The second-order valence-corrected chi connectivity index (χ2v) is 5.05. The first kappa shape index (κ1) is 17.9. The second kappa shape index (κ2) is 10.8. The number of carbonyl (C=O) groups is 2. The Morgan fingerprint density at radius 2 is 1.89 bits per heavy atom. The molecule has 0 unspecified atom stereocenters. The van der Waals surface area contributed by atoms with Crippen LogP contribution in [-0.2, 0) is 14.3 Å². The third-order valence-corrected chi connectivity index (χ3v) is 2.61. The van der Waals surface area contributed by atoms with Gasteiger partial charge in [-0.25, -0.2) is 0 Å². The standard InChI is InChI=1S/C14H28N2O3/c1-5-9-16(11-14(18)19-6-2)10-13(17)15-8-7-12(3)4/h12H,5-11H2,1-4H3,(H,15,17). The number of nitrogens with one attached hydrogen (secondary N) is 1. The van der Waals surface area contributed by atoms with Gasteiger partial charge in [0.05, 0.1) is 19.7 Å². The zero-order valence-electron chi connectivity index (χ0n) is 12.7. The van der Waals surface area contributed by atoms with Crippen molar-refractivity contribution in [1.82, 2.24) is 10.2 Å². The molecule has 0 aliphatic heterocycles. The third kappa shape index (κ3) is 10.5. The summed E-state index contributed by atoms with van der Waals surface area (Å²) in [5, 5.41) is 2.88. The average molecular weight is 272 g/mol. The smallest absolute Gasteiger partial charge is 0.320 e. The van der Waals surface area contributed by atoms with Crippen molar-refractivity contribution in [3.8, 4) is 0 Å². The van der Waals surface area contributed by atoms with Crippen LogP contribution in [-0.4, -0.2) is 49.6 Å². The maximum absolute atomic E-state index is 11.7. The van der Waals surface area contributed by atoms with Gasteiger partial charge < -0.3 is 10.1 Å². The van der Waals surface area contributed by atoms with Crippen LogP contribution in [0.15, 0.2) is 0 Å². The summed E-state index contributed by atoms with van der Waals surface area (Å²) in [7, 11) is 0. The highest BCUT2D eigenvalue weighted by Gasteiger charge is 2.14. The van der Waals surface area contributed by atoms with E-state index in [1.807, 2.05) is 11.8 Å². The summed E-state index contributed by atoms with van der Waals surface area (Å²) < 4.78 is 4.90. The van der Waals surface area contributed by atoms with Crippen LogP contribution < -0.4 is 5.32 Å². The van der Waals surface area contributed by atoms with Crippen molar-refractivity contribution in [2.45, 2.75) is 40.5 Å². The number of rotatable bonds is 10. The monoisotopic (exact) mass is 272 g/mol. The zero-order valence-corrected chi connectivity index (χ0v) is 12.7. The predicted octanol–water partition coefficient (Wildman–Crippen LogP) is 1.42. The quantitative estimate of drug-likeness (QED) is 0.611. The van der Waals surface area contributed by atoms with Crippen LogP contribution in [0.2, 0.25) is 0 Å². The fourth-order valence-corrected chi connectivity index (χ4v) is 1.68. The van der Waals surface area contributed by atoms with Crippen molar-refractivity contribution >= 4 is 11.9 Å². The van der Waals surface area contributed by atoms with Crippen LogP contribution in [0.4, 0.5) is 0 Å². The van der Waals surface area contributed by atoms with Crippen LogP contribution >= 0.6 is 0 Å². The van der Waals surface area contributed by atoms with Gasteiger partial charge in [-0.1, -0.05) is 20.8 Å². The van der Waals surface area contributed by atoms with Gasteiger partial charge in [0.1, 0.15) is 0 Å². The molecule has 1 N–H and O–H groups in total. The fraction of sp³-hybridized carbons (Fsp3) is 0.857. The lowest BCUT2D eigenvalue weighted by molar-refractivity contribution is -0.144. The predicted molar refractivity (Wildman–Crippen MR) is 75.8 cm³/mol. The Labute approximate surface area is 116 Å². The fourth-order valence-electron chi connectivity index (χ4n) is 1.68. The first-order valence-electron chi connectivity index (χ1n) is 7.14. The largest absolute Gasteiger partial charge is 0.465 e. The SMILES string of the molecule is CCCN(CC(=O)NCCC(C)C)CC(=O)OCC. The molecule has 5 nitrogen and oxygen atoms in total. The topological polar surface area (TPSA) is 58.6 Å². The first-order valence-corrected chi connectivity index (χ1v) is 7.14. The van der Waals surface area contributed by atoms with E-state index in [1.165, 1.54) is 0 Å². The Kier molecular flexibility index (Phi) is 10.2. The zero-order chi connectivity index (χ0) is 14.7. The molecule has 0 aromatic rings. The molecule has 0 aliphatic rings. The average Bonchev–Trinajstić information content (AvgIpc) is 2.28. The minimum Gasteiger partial charge on any atom is -0.465 e. The van der Waals surface area contributed by atoms with Crippen molar-refractivity contribution in [3.63, 3.8) is 0 Å². The third-order valence-electron chi connectivity index (χ3n) is 2.61. The molecule has 0 spiro atoms. The molecule has 0 saturated carbocycles. The van der Waals surface area contributed by atoms with Gasteiger partial charge in [-0.15, -0.1) is 0 Å². The number of carbonyl (C=O) groups excluding carboxylic acids is 2. The van der Waals surface area contributed by atoms with Crippen molar-refractivity contribution in [2.24, 2.45) is 5.92 Å². The molecule has 1 amide bonds. The molecule has 0 aromatic carbocycles. The summed E-state index contributed by atoms with van der Waals surface area (Å²) in [5.41, 5.74) is 0. The van der Waals surface area contributed by atoms with Crippen molar-refractivity contribution < 1.29 is 14.3 Å². The Balaban J connectivity index is 4.03. The van der Waals surface area contributed by atoms with E-state index in [9.17, 15) is 9.59 Å².